The first kappa shape index (κ1) is 14.1. The lowest BCUT2D eigenvalue weighted by Gasteiger charge is -2.07. The molecular weight excluding hydrogens is 278 g/mol. The van der Waals surface area contributed by atoms with Gasteiger partial charge in [0.2, 0.25) is 5.91 Å². The van der Waals surface area contributed by atoms with Crippen molar-refractivity contribution in [1.82, 2.24) is 9.38 Å². The zero-order valence-electron chi connectivity index (χ0n) is 12.3. The molecule has 0 aliphatic heterocycles. The third kappa shape index (κ3) is 3.09. The van der Waals surface area contributed by atoms with E-state index in [-0.39, 0.29) is 5.91 Å². The SMILES string of the molecule is COc1ccc(CCC(=O)Nc2cccn3ccnc23)cc1. The minimum atomic E-state index is -0.0214. The Hall–Kier alpha value is -2.82. The van der Waals surface area contributed by atoms with Gasteiger partial charge in [0.05, 0.1) is 12.8 Å². The Morgan fingerprint density at radius 2 is 2.05 bits per heavy atom. The van der Waals surface area contributed by atoms with Crippen LogP contribution in [0.2, 0.25) is 0 Å². The van der Waals surface area contributed by atoms with E-state index in [0.29, 0.717) is 12.8 Å². The number of pyridine rings is 1. The fourth-order valence-electron chi connectivity index (χ4n) is 2.31. The highest BCUT2D eigenvalue weighted by Gasteiger charge is 2.07. The van der Waals surface area contributed by atoms with Crippen LogP contribution < -0.4 is 10.1 Å². The Kier molecular flexibility index (Phi) is 4.05. The first-order valence-corrected chi connectivity index (χ1v) is 7.11. The Morgan fingerprint density at radius 1 is 1.23 bits per heavy atom. The summed E-state index contributed by atoms with van der Waals surface area (Å²) in [6, 6.07) is 11.5. The van der Waals surface area contributed by atoms with Gasteiger partial charge in [-0.3, -0.25) is 4.79 Å². The molecule has 0 spiro atoms. The van der Waals surface area contributed by atoms with Crippen molar-refractivity contribution in [3.05, 3.63) is 60.6 Å². The van der Waals surface area contributed by atoms with Gasteiger partial charge in [0.1, 0.15) is 5.75 Å². The van der Waals surface area contributed by atoms with Crippen LogP contribution in [0.3, 0.4) is 0 Å². The third-order valence-electron chi connectivity index (χ3n) is 3.49. The summed E-state index contributed by atoms with van der Waals surface area (Å²) in [5.74, 6) is 0.797. The summed E-state index contributed by atoms with van der Waals surface area (Å²) in [6.07, 6.45) is 6.57. The van der Waals surface area contributed by atoms with E-state index in [4.69, 9.17) is 4.74 Å². The average Bonchev–Trinajstić information content (AvgIpc) is 3.03. The Labute approximate surface area is 128 Å². The standard InChI is InChI=1S/C17H17N3O2/c1-22-14-7-4-13(5-8-14)6-9-16(21)19-15-3-2-11-20-12-10-18-17(15)20/h2-5,7-8,10-12H,6,9H2,1H3,(H,19,21). The molecule has 0 unspecified atom stereocenters. The molecule has 0 aliphatic rings. The number of amides is 1. The smallest absolute Gasteiger partial charge is 0.224 e. The number of aromatic nitrogens is 2. The summed E-state index contributed by atoms with van der Waals surface area (Å²) in [5.41, 5.74) is 2.59. The average molecular weight is 295 g/mol. The first-order valence-electron chi connectivity index (χ1n) is 7.11. The second-order valence-corrected chi connectivity index (χ2v) is 4.98. The van der Waals surface area contributed by atoms with Crippen LogP contribution in [0.1, 0.15) is 12.0 Å². The number of fused-ring (bicyclic) bond motifs is 1. The number of nitrogens with one attached hydrogen (secondary N) is 1. The molecule has 1 N–H and O–H groups in total. The second kappa shape index (κ2) is 6.30. The Bertz CT molecular complexity index is 778. The molecule has 0 saturated carbocycles. The summed E-state index contributed by atoms with van der Waals surface area (Å²) in [7, 11) is 1.64. The number of ether oxygens (including phenoxy) is 1. The van der Waals surface area contributed by atoms with Crippen molar-refractivity contribution in [1.29, 1.82) is 0 Å². The molecule has 3 rings (SSSR count). The zero-order chi connectivity index (χ0) is 15.4. The molecule has 0 aliphatic carbocycles. The summed E-state index contributed by atoms with van der Waals surface area (Å²) in [4.78, 5) is 16.3. The summed E-state index contributed by atoms with van der Waals surface area (Å²) < 4.78 is 6.99. The molecule has 5 heteroatoms. The number of aryl methyl sites for hydroxylation is 1. The summed E-state index contributed by atoms with van der Waals surface area (Å²) >= 11 is 0. The van der Waals surface area contributed by atoms with E-state index >= 15 is 0 Å². The minimum Gasteiger partial charge on any atom is -0.497 e. The van der Waals surface area contributed by atoms with Crippen LogP contribution in [0.5, 0.6) is 5.75 Å². The first-order chi connectivity index (χ1) is 10.8. The maximum Gasteiger partial charge on any atom is 0.224 e. The molecule has 1 amide bonds. The quantitative estimate of drug-likeness (QED) is 0.787. The van der Waals surface area contributed by atoms with E-state index in [0.717, 1.165) is 22.6 Å². The van der Waals surface area contributed by atoms with Crippen LogP contribution in [-0.4, -0.2) is 22.4 Å². The largest absolute Gasteiger partial charge is 0.497 e. The Morgan fingerprint density at radius 3 is 2.82 bits per heavy atom. The highest BCUT2D eigenvalue weighted by atomic mass is 16.5. The molecular formula is C17H17N3O2. The molecule has 2 aromatic heterocycles. The van der Waals surface area contributed by atoms with Crippen LogP contribution in [0.15, 0.2) is 55.0 Å². The van der Waals surface area contributed by atoms with Gasteiger partial charge < -0.3 is 14.5 Å². The number of anilines is 1. The van der Waals surface area contributed by atoms with E-state index in [1.165, 1.54) is 0 Å². The molecule has 1 aromatic carbocycles. The van der Waals surface area contributed by atoms with Crippen molar-refractivity contribution in [2.24, 2.45) is 0 Å². The monoisotopic (exact) mass is 295 g/mol. The maximum atomic E-state index is 12.1. The molecule has 0 bridgehead atoms. The number of rotatable bonds is 5. The lowest BCUT2D eigenvalue weighted by Crippen LogP contribution is -2.13. The molecule has 2 heterocycles. The van der Waals surface area contributed by atoms with Crippen molar-refractivity contribution in [2.75, 3.05) is 12.4 Å². The van der Waals surface area contributed by atoms with Crippen molar-refractivity contribution in [3.63, 3.8) is 0 Å². The van der Waals surface area contributed by atoms with Crippen LogP contribution >= 0.6 is 0 Å². The molecule has 0 saturated heterocycles. The predicted molar refractivity (Wildman–Crippen MR) is 85.1 cm³/mol. The van der Waals surface area contributed by atoms with Gasteiger partial charge >= 0.3 is 0 Å². The summed E-state index contributed by atoms with van der Waals surface area (Å²) in [5, 5.41) is 2.92. The van der Waals surface area contributed by atoms with E-state index in [2.05, 4.69) is 10.3 Å². The van der Waals surface area contributed by atoms with Crippen LogP contribution in [0, 0.1) is 0 Å². The van der Waals surface area contributed by atoms with Crippen LogP contribution in [0.4, 0.5) is 5.69 Å². The van der Waals surface area contributed by atoms with Crippen LogP contribution in [-0.2, 0) is 11.2 Å². The van der Waals surface area contributed by atoms with Gasteiger partial charge in [-0.2, -0.15) is 0 Å². The summed E-state index contributed by atoms with van der Waals surface area (Å²) in [6.45, 7) is 0. The highest BCUT2D eigenvalue weighted by molar-refractivity contribution is 5.94. The number of hydrogen-bond donors (Lipinski definition) is 1. The van der Waals surface area contributed by atoms with E-state index in [1.54, 1.807) is 13.3 Å². The van der Waals surface area contributed by atoms with Gasteiger partial charge in [0.25, 0.3) is 0 Å². The number of carbonyl (C=O) groups is 1. The second-order valence-electron chi connectivity index (χ2n) is 4.98. The molecule has 22 heavy (non-hydrogen) atoms. The molecule has 5 nitrogen and oxygen atoms in total. The lowest BCUT2D eigenvalue weighted by molar-refractivity contribution is -0.116. The minimum absolute atomic E-state index is 0.0214. The van der Waals surface area contributed by atoms with E-state index in [9.17, 15) is 4.79 Å². The van der Waals surface area contributed by atoms with Gasteiger partial charge in [0, 0.05) is 25.0 Å². The molecule has 0 fully saturated rings. The zero-order valence-corrected chi connectivity index (χ0v) is 12.3. The van der Waals surface area contributed by atoms with Crippen molar-refractivity contribution < 1.29 is 9.53 Å². The molecule has 0 atom stereocenters. The highest BCUT2D eigenvalue weighted by Crippen LogP contribution is 2.16. The molecule has 0 radical (unpaired) electrons. The van der Waals surface area contributed by atoms with Gasteiger partial charge in [-0.25, -0.2) is 4.98 Å². The number of imidazole rings is 1. The predicted octanol–water partition coefficient (Wildman–Crippen LogP) is 2.91. The van der Waals surface area contributed by atoms with E-state index in [1.807, 2.05) is 53.2 Å². The topological polar surface area (TPSA) is 55.6 Å². The lowest BCUT2D eigenvalue weighted by atomic mass is 10.1. The number of nitrogens with zero attached hydrogens (tertiary/aromatic N) is 2. The number of methoxy groups -OCH3 is 1. The maximum absolute atomic E-state index is 12.1. The number of benzene rings is 1. The van der Waals surface area contributed by atoms with E-state index < -0.39 is 0 Å². The van der Waals surface area contributed by atoms with Crippen molar-refractivity contribution in [3.8, 4) is 5.75 Å². The van der Waals surface area contributed by atoms with Gasteiger partial charge in [-0.05, 0) is 36.2 Å². The molecule has 3 aromatic rings. The van der Waals surface area contributed by atoms with Crippen LogP contribution in [0.25, 0.3) is 5.65 Å². The normalized spacial score (nSPS) is 10.6. The Balaban J connectivity index is 1.61. The fourth-order valence-corrected chi connectivity index (χ4v) is 2.31. The van der Waals surface area contributed by atoms with Gasteiger partial charge in [-0.15, -0.1) is 0 Å². The van der Waals surface area contributed by atoms with Gasteiger partial charge in [-0.1, -0.05) is 12.1 Å². The molecule has 112 valence electrons. The fraction of sp³-hybridized carbons (Fsp3) is 0.176. The number of hydrogen-bond acceptors (Lipinski definition) is 3. The van der Waals surface area contributed by atoms with Gasteiger partial charge in [0.15, 0.2) is 5.65 Å². The number of carbonyl (C=O) groups excluding carboxylic acids is 1. The third-order valence-corrected chi connectivity index (χ3v) is 3.49. The van der Waals surface area contributed by atoms with Crippen molar-refractivity contribution in [2.45, 2.75) is 12.8 Å². The van der Waals surface area contributed by atoms with Crippen molar-refractivity contribution >= 4 is 17.2 Å².